The molecule has 3 rings (SSSR count). The quantitative estimate of drug-likeness (QED) is 0.827. The lowest BCUT2D eigenvalue weighted by atomic mass is 10.1. The number of carbonyl (C=O) groups is 2. The molecular weight excluding hydrogens is 324 g/mol. The van der Waals surface area contributed by atoms with Crippen LogP contribution in [0.15, 0.2) is 0 Å². The van der Waals surface area contributed by atoms with Gasteiger partial charge in [0.25, 0.3) is 5.91 Å². The smallest absolute Gasteiger partial charge is 0.328 e. The van der Waals surface area contributed by atoms with Gasteiger partial charge in [-0.05, 0) is 26.7 Å². The zero-order valence-electron chi connectivity index (χ0n) is 14.8. The Balaban J connectivity index is 1.71. The molecule has 0 saturated heterocycles. The molecule has 25 heavy (non-hydrogen) atoms. The molecule has 138 valence electrons. The van der Waals surface area contributed by atoms with E-state index in [1.807, 2.05) is 0 Å². The Morgan fingerprint density at radius 2 is 1.88 bits per heavy atom. The number of aryl methyl sites for hydroxylation is 1. The van der Waals surface area contributed by atoms with Gasteiger partial charge in [-0.3, -0.25) is 4.79 Å². The zero-order valence-corrected chi connectivity index (χ0v) is 14.8. The van der Waals surface area contributed by atoms with Crippen LogP contribution in [0.1, 0.15) is 57.1 Å². The monoisotopic (exact) mass is 350 g/mol. The fraction of sp³-hybridized carbons (Fsp3) is 0.765. The molecule has 1 aromatic rings. The zero-order chi connectivity index (χ0) is 18.0. The summed E-state index contributed by atoms with van der Waals surface area (Å²) in [6.07, 6.45) is 6.03. The van der Waals surface area contributed by atoms with E-state index >= 15 is 0 Å². The van der Waals surface area contributed by atoms with Crippen LogP contribution in [-0.4, -0.2) is 54.9 Å². The fourth-order valence-corrected chi connectivity index (χ4v) is 3.71. The lowest BCUT2D eigenvalue weighted by molar-refractivity contribution is -0.160. The number of rotatable bonds is 4. The molecule has 2 unspecified atom stereocenters. The van der Waals surface area contributed by atoms with Gasteiger partial charge in [0.2, 0.25) is 0 Å². The molecule has 2 heterocycles. The number of fused-ring (bicyclic) bond motifs is 1. The minimum Gasteiger partial charge on any atom is -0.480 e. The van der Waals surface area contributed by atoms with Gasteiger partial charge in [-0.15, -0.1) is 10.2 Å². The molecule has 1 saturated carbocycles. The van der Waals surface area contributed by atoms with Crippen LogP contribution in [0, 0.1) is 6.92 Å². The second-order valence-electron chi connectivity index (χ2n) is 6.99. The van der Waals surface area contributed by atoms with Crippen molar-refractivity contribution in [3.05, 3.63) is 11.6 Å². The molecule has 1 fully saturated rings. The molecule has 2 aliphatic rings. The molecule has 0 spiro atoms. The van der Waals surface area contributed by atoms with E-state index in [1.54, 1.807) is 18.4 Å². The molecule has 1 aliphatic heterocycles. The average Bonchev–Trinajstić information content (AvgIpc) is 2.79. The number of hydrogen-bond donors (Lipinski definition) is 1. The van der Waals surface area contributed by atoms with Gasteiger partial charge in [-0.25, -0.2) is 4.79 Å². The molecular formula is C17H26N4O4. The summed E-state index contributed by atoms with van der Waals surface area (Å²) in [5.41, 5.74) is 0. The second-order valence-corrected chi connectivity index (χ2v) is 6.99. The lowest BCUT2D eigenvalue weighted by Gasteiger charge is -2.35. The Hall–Kier alpha value is -1.96. The first-order valence-corrected chi connectivity index (χ1v) is 9.04. The first-order chi connectivity index (χ1) is 12.0. The minimum absolute atomic E-state index is 0.0837. The van der Waals surface area contributed by atoms with Gasteiger partial charge in [-0.1, -0.05) is 25.7 Å². The third-order valence-electron chi connectivity index (χ3n) is 5.17. The van der Waals surface area contributed by atoms with E-state index in [9.17, 15) is 14.7 Å². The molecule has 1 aliphatic carbocycles. The van der Waals surface area contributed by atoms with Gasteiger partial charge in [0, 0.05) is 0 Å². The predicted octanol–water partition coefficient (Wildman–Crippen LogP) is 1.51. The summed E-state index contributed by atoms with van der Waals surface area (Å²) in [5.74, 6) is -0.0292. The van der Waals surface area contributed by atoms with Gasteiger partial charge in [0.15, 0.2) is 5.82 Å². The number of hydrogen-bond acceptors (Lipinski definition) is 5. The third kappa shape index (κ3) is 3.84. The normalized spacial score (nSPS) is 23.0. The number of carboxylic acids is 1. The summed E-state index contributed by atoms with van der Waals surface area (Å²) in [6.45, 7) is 3.82. The number of aliphatic carboxylic acids is 1. The number of carboxylic acid groups (broad SMARTS) is 1. The maximum Gasteiger partial charge on any atom is 0.328 e. The topological polar surface area (TPSA) is 97.5 Å². The maximum atomic E-state index is 12.9. The van der Waals surface area contributed by atoms with E-state index < -0.39 is 18.1 Å². The molecule has 2 atom stereocenters. The second kappa shape index (κ2) is 7.51. The highest BCUT2D eigenvalue weighted by atomic mass is 16.5. The Kier molecular flexibility index (Phi) is 5.36. The van der Waals surface area contributed by atoms with Crippen molar-refractivity contribution >= 4 is 11.9 Å². The lowest BCUT2D eigenvalue weighted by Crippen LogP contribution is -2.53. The van der Waals surface area contributed by atoms with Gasteiger partial charge in [-0.2, -0.15) is 0 Å². The largest absolute Gasteiger partial charge is 0.480 e. The maximum absolute atomic E-state index is 12.9. The number of nitrogens with zero attached hydrogens (tertiary/aromatic N) is 4. The standard InChI is InChI=1S/C17H26N4O4/c1-11(25-13-7-5-3-4-6-8-13)16(22)21-10-15-19-18-12(2)20(15)9-14(21)17(23)24/h11,13-14H,3-10H2,1-2H3,(H,23,24). The Bertz CT molecular complexity index is 637. The number of amides is 1. The molecule has 8 nitrogen and oxygen atoms in total. The van der Waals surface area contributed by atoms with Crippen LogP contribution in [0.3, 0.4) is 0 Å². The van der Waals surface area contributed by atoms with Gasteiger partial charge in [0.05, 0.1) is 19.2 Å². The molecule has 1 aromatic heterocycles. The summed E-state index contributed by atoms with van der Waals surface area (Å²) in [5, 5.41) is 17.6. The molecule has 8 heteroatoms. The minimum atomic E-state index is -1.02. The van der Waals surface area contributed by atoms with E-state index in [4.69, 9.17) is 4.74 Å². The van der Waals surface area contributed by atoms with E-state index in [1.165, 1.54) is 17.7 Å². The summed E-state index contributed by atoms with van der Waals surface area (Å²) >= 11 is 0. The Morgan fingerprint density at radius 1 is 1.20 bits per heavy atom. The summed E-state index contributed by atoms with van der Waals surface area (Å²) < 4.78 is 7.74. The summed E-state index contributed by atoms with van der Waals surface area (Å²) in [7, 11) is 0. The molecule has 0 radical (unpaired) electrons. The van der Waals surface area contributed by atoms with Crippen molar-refractivity contribution in [2.24, 2.45) is 0 Å². The first-order valence-electron chi connectivity index (χ1n) is 9.04. The molecule has 1 N–H and O–H groups in total. The summed E-state index contributed by atoms with van der Waals surface area (Å²) in [6, 6.07) is -0.921. The number of ether oxygens (including phenoxy) is 1. The van der Waals surface area contributed by atoms with Gasteiger partial charge < -0.3 is 19.3 Å². The van der Waals surface area contributed by atoms with E-state index in [2.05, 4.69) is 10.2 Å². The molecule has 1 amide bonds. The highest BCUT2D eigenvalue weighted by Gasteiger charge is 2.38. The molecule has 0 bridgehead atoms. The third-order valence-corrected chi connectivity index (χ3v) is 5.17. The van der Waals surface area contributed by atoms with E-state index in [0.29, 0.717) is 11.6 Å². The van der Waals surface area contributed by atoms with Crippen molar-refractivity contribution < 1.29 is 19.4 Å². The van der Waals surface area contributed by atoms with Crippen LogP contribution >= 0.6 is 0 Å². The van der Waals surface area contributed by atoms with Crippen LogP contribution in [-0.2, 0) is 27.4 Å². The van der Waals surface area contributed by atoms with E-state index in [0.717, 1.165) is 25.7 Å². The average molecular weight is 350 g/mol. The Morgan fingerprint density at radius 3 is 2.52 bits per heavy atom. The van der Waals surface area contributed by atoms with E-state index in [-0.39, 0.29) is 25.1 Å². The number of carbonyl (C=O) groups excluding carboxylic acids is 1. The molecule has 0 aromatic carbocycles. The van der Waals surface area contributed by atoms with Crippen LogP contribution in [0.4, 0.5) is 0 Å². The first kappa shape index (κ1) is 17.8. The van der Waals surface area contributed by atoms with Crippen LogP contribution in [0.5, 0.6) is 0 Å². The van der Waals surface area contributed by atoms with Gasteiger partial charge >= 0.3 is 5.97 Å². The van der Waals surface area contributed by atoms with Crippen LogP contribution in [0.2, 0.25) is 0 Å². The highest BCUT2D eigenvalue weighted by molar-refractivity contribution is 5.86. The van der Waals surface area contributed by atoms with Crippen molar-refractivity contribution in [2.75, 3.05) is 0 Å². The Labute approximate surface area is 147 Å². The number of aromatic nitrogens is 3. The predicted molar refractivity (Wildman–Crippen MR) is 88.8 cm³/mol. The summed E-state index contributed by atoms with van der Waals surface area (Å²) in [4.78, 5) is 25.9. The fourth-order valence-electron chi connectivity index (χ4n) is 3.71. The van der Waals surface area contributed by atoms with Crippen molar-refractivity contribution in [1.29, 1.82) is 0 Å². The van der Waals surface area contributed by atoms with Crippen molar-refractivity contribution in [1.82, 2.24) is 19.7 Å². The van der Waals surface area contributed by atoms with Crippen molar-refractivity contribution in [2.45, 2.75) is 83.7 Å². The highest BCUT2D eigenvalue weighted by Crippen LogP contribution is 2.23. The SMILES string of the molecule is Cc1nnc2n1CC(C(=O)O)N(C(=O)C(C)OC1CCCCCC1)C2. The van der Waals surface area contributed by atoms with Crippen LogP contribution in [0.25, 0.3) is 0 Å². The van der Waals surface area contributed by atoms with Crippen molar-refractivity contribution in [3.63, 3.8) is 0 Å². The van der Waals surface area contributed by atoms with Gasteiger partial charge in [0.1, 0.15) is 18.0 Å². The van der Waals surface area contributed by atoms with Crippen LogP contribution < -0.4 is 0 Å². The van der Waals surface area contributed by atoms with Crippen molar-refractivity contribution in [3.8, 4) is 0 Å².